The van der Waals surface area contributed by atoms with Gasteiger partial charge >= 0.3 is 0 Å². The van der Waals surface area contributed by atoms with Crippen LogP contribution in [0.2, 0.25) is 0 Å². The van der Waals surface area contributed by atoms with Crippen LogP contribution in [0.15, 0.2) is 54.7 Å². The Labute approximate surface area is 98.1 Å². The number of rotatable bonds is 2. The third-order valence-electron chi connectivity index (χ3n) is 2.74. The fourth-order valence-electron chi connectivity index (χ4n) is 1.84. The van der Waals surface area contributed by atoms with Gasteiger partial charge in [0.1, 0.15) is 0 Å². The van der Waals surface area contributed by atoms with Crippen molar-refractivity contribution in [3.05, 3.63) is 65.9 Å². The molecule has 0 spiro atoms. The molecule has 82 valence electrons. The summed E-state index contributed by atoms with van der Waals surface area (Å²) >= 11 is 0. The Hall–Kier alpha value is -2.42. The lowest BCUT2D eigenvalue weighted by atomic mass is 10.0. The molecule has 0 amide bonds. The molecule has 3 aromatic rings. The van der Waals surface area contributed by atoms with Crippen LogP contribution < -0.4 is 0 Å². The number of nitrogens with zero attached hydrogens (tertiary/aromatic N) is 1. The van der Waals surface area contributed by atoms with Crippen molar-refractivity contribution in [2.24, 2.45) is 0 Å². The third kappa shape index (κ3) is 1.72. The topological polar surface area (TPSA) is 45.8 Å². The fraction of sp³-hybridized carbons (Fsp3) is 0. The minimum atomic E-state index is 0.0358. The highest BCUT2D eigenvalue weighted by molar-refractivity contribution is 6.10. The molecular formula is C14H10N2O. The van der Waals surface area contributed by atoms with Crippen molar-refractivity contribution in [2.45, 2.75) is 0 Å². The molecule has 0 unspecified atom stereocenters. The molecule has 0 bridgehead atoms. The van der Waals surface area contributed by atoms with E-state index in [1.165, 1.54) is 0 Å². The van der Waals surface area contributed by atoms with Crippen molar-refractivity contribution < 1.29 is 4.79 Å². The summed E-state index contributed by atoms with van der Waals surface area (Å²) in [6, 6.07) is 14.8. The van der Waals surface area contributed by atoms with Crippen LogP contribution in [0.1, 0.15) is 15.9 Å². The Morgan fingerprint density at radius 2 is 1.82 bits per heavy atom. The molecule has 0 fully saturated rings. The number of hydrogen-bond acceptors (Lipinski definition) is 2. The van der Waals surface area contributed by atoms with Crippen molar-refractivity contribution in [3.8, 4) is 0 Å². The summed E-state index contributed by atoms with van der Waals surface area (Å²) in [5.41, 5.74) is 2.33. The number of benzene rings is 2. The number of carbonyl (C=O) groups excluding carboxylic acids is 1. The number of carbonyl (C=O) groups is 1. The van der Waals surface area contributed by atoms with Gasteiger partial charge in [-0.2, -0.15) is 5.10 Å². The van der Waals surface area contributed by atoms with Gasteiger partial charge in [-0.25, -0.2) is 0 Å². The number of fused-ring (bicyclic) bond motifs is 1. The first kappa shape index (κ1) is 9.78. The highest BCUT2D eigenvalue weighted by Gasteiger charge is 2.09. The molecule has 3 rings (SSSR count). The van der Waals surface area contributed by atoms with Crippen LogP contribution in [0, 0.1) is 0 Å². The largest absolute Gasteiger partial charge is 0.289 e. The second-order valence-electron chi connectivity index (χ2n) is 3.87. The Kier molecular flexibility index (Phi) is 2.22. The predicted octanol–water partition coefficient (Wildman–Crippen LogP) is 2.79. The van der Waals surface area contributed by atoms with Gasteiger partial charge in [0, 0.05) is 16.5 Å². The summed E-state index contributed by atoms with van der Waals surface area (Å²) in [4.78, 5) is 12.2. The summed E-state index contributed by atoms with van der Waals surface area (Å²) in [5.74, 6) is 0.0358. The lowest BCUT2D eigenvalue weighted by molar-refractivity contribution is 0.103. The Morgan fingerprint density at radius 1 is 1.00 bits per heavy atom. The van der Waals surface area contributed by atoms with E-state index >= 15 is 0 Å². The second-order valence-corrected chi connectivity index (χ2v) is 3.87. The molecule has 0 saturated heterocycles. The number of nitrogens with one attached hydrogen (secondary N) is 1. The molecular weight excluding hydrogens is 212 g/mol. The number of H-pyrrole nitrogens is 1. The van der Waals surface area contributed by atoms with Gasteiger partial charge in [0.15, 0.2) is 5.78 Å². The summed E-state index contributed by atoms with van der Waals surface area (Å²) in [6.07, 6.45) is 1.72. The molecule has 1 N–H and O–H groups in total. The Bertz CT molecular complexity index is 671. The summed E-state index contributed by atoms with van der Waals surface area (Å²) in [6.45, 7) is 0. The van der Waals surface area contributed by atoms with Gasteiger partial charge in [-0.15, -0.1) is 0 Å². The van der Waals surface area contributed by atoms with Gasteiger partial charge in [0.05, 0.1) is 11.7 Å². The van der Waals surface area contributed by atoms with Gasteiger partial charge in [-0.1, -0.05) is 30.3 Å². The smallest absolute Gasteiger partial charge is 0.193 e. The van der Waals surface area contributed by atoms with E-state index in [0.29, 0.717) is 11.1 Å². The molecule has 0 aliphatic heterocycles. The molecule has 3 heteroatoms. The van der Waals surface area contributed by atoms with E-state index in [4.69, 9.17) is 0 Å². The number of ketones is 1. The number of aromatic amines is 1. The second kappa shape index (κ2) is 3.87. The minimum absolute atomic E-state index is 0.0358. The maximum atomic E-state index is 12.2. The van der Waals surface area contributed by atoms with Crippen LogP contribution in [0.3, 0.4) is 0 Å². The van der Waals surface area contributed by atoms with Crippen molar-refractivity contribution in [1.82, 2.24) is 10.2 Å². The maximum Gasteiger partial charge on any atom is 0.193 e. The number of hydrogen-bond donors (Lipinski definition) is 1. The SMILES string of the molecule is O=C(c1ccccc1)c1ccc2[nH]ncc2c1. The maximum absolute atomic E-state index is 12.2. The van der Waals surface area contributed by atoms with Crippen LogP contribution in [0.4, 0.5) is 0 Å². The lowest BCUT2D eigenvalue weighted by Gasteiger charge is -2.00. The van der Waals surface area contributed by atoms with Crippen molar-refractivity contribution in [3.63, 3.8) is 0 Å². The first-order valence-corrected chi connectivity index (χ1v) is 5.37. The minimum Gasteiger partial charge on any atom is -0.289 e. The summed E-state index contributed by atoms with van der Waals surface area (Å²) in [5, 5.41) is 7.75. The molecule has 1 heterocycles. The molecule has 17 heavy (non-hydrogen) atoms. The molecule has 3 nitrogen and oxygen atoms in total. The molecule has 2 aromatic carbocycles. The van der Waals surface area contributed by atoms with E-state index < -0.39 is 0 Å². The van der Waals surface area contributed by atoms with Crippen LogP contribution in [0.25, 0.3) is 10.9 Å². The van der Waals surface area contributed by atoms with Gasteiger partial charge in [-0.05, 0) is 18.2 Å². The molecule has 0 aliphatic carbocycles. The van der Waals surface area contributed by atoms with E-state index in [1.54, 1.807) is 6.20 Å². The highest BCUT2D eigenvalue weighted by Crippen LogP contribution is 2.16. The molecule has 0 aliphatic rings. The third-order valence-corrected chi connectivity index (χ3v) is 2.74. The zero-order valence-corrected chi connectivity index (χ0v) is 9.05. The normalized spacial score (nSPS) is 10.6. The van der Waals surface area contributed by atoms with Gasteiger partial charge in [0.25, 0.3) is 0 Å². The van der Waals surface area contributed by atoms with Crippen molar-refractivity contribution in [1.29, 1.82) is 0 Å². The van der Waals surface area contributed by atoms with Crippen LogP contribution in [0.5, 0.6) is 0 Å². The van der Waals surface area contributed by atoms with E-state index in [9.17, 15) is 4.79 Å². The molecule has 1 aromatic heterocycles. The molecule has 0 atom stereocenters. The standard InChI is InChI=1S/C14H10N2O/c17-14(10-4-2-1-3-5-10)11-6-7-13-12(8-11)9-15-16-13/h1-9H,(H,15,16). The molecule has 0 radical (unpaired) electrons. The average molecular weight is 222 g/mol. The number of aromatic nitrogens is 2. The monoisotopic (exact) mass is 222 g/mol. The van der Waals surface area contributed by atoms with Crippen LogP contribution >= 0.6 is 0 Å². The average Bonchev–Trinajstić information content (AvgIpc) is 2.86. The van der Waals surface area contributed by atoms with Gasteiger partial charge < -0.3 is 0 Å². The van der Waals surface area contributed by atoms with Crippen molar-refractivity contribution in [2.75, 3.05) is 0 Å². The summed E-state index contributed by atoms with van der Waals surface area (Å²) < 4.78 is 0. The van der Waals surface area contributed by atoms with E-state index in [1.807, 2.05) is 48.5 Å². The van der Waals surface area contributed by atoms with Crippen molar-refractivity contribution >= 4 is 16.7 Å². The van der Waals surface area contributed by atoms with E-state index in [-0.39, 0.29) is 5.78 Å². The van der Waals surface area contributed by atoms with Gasteiger partial charge in [-0.3, -0.25) is 9.89 Å². The van der Waals surface area contributed by atoms with E-state index in [2.05, 4.69) is 10.2 Å². The Morgan fingerprint density at radius 3 is 2.65 bits per heavy atom. The zero-order valence-electron chi connectivity index (χ0n) is 9.05. The summed E-state index contributed by atoms with van der Waals surface area (Å²) in [7, 11) is 0. The van der Waals surface area contributed by atoms with Crippen LogP contribution in [-0.2, 0) is 0 Å². The highest BCUT2D eigenvalue weighted by atomic mass is 16.1. The lowest BCUT2D eigenvalue weighted by Crippen LogP contribution is -2.00. The predicted molar refractivity (Wildman–Crippen MR) is 66.0 cm³/mol. The quantitative estimate of drug-likeness (QED) is 0.677. The van der Waals surface area contributed by atoms with Gasteiger partial charge in [0.2, 0.25) is 0 Å². The first-order chi connectivity index (χ1) is 8.34. The fourth-order valence-corrected chi connectivity index (χ4v) is 1.84. The molecule has 0 saturated carbocycles. The van der Waals surface area contributed by atoms with E-state index in [0.717, 1.165) is 10.9 Å². The van der Waals surface area contributed by atoms with Crippen LogP contribution in [-0.4, -0.2) is 16.0 Å². The Balaban J connectivity index is 2.06. The zero-order chi connectivity index (χ0) is 11.7. The first-order valence-electron chi connectivity index (χ1n) is 5.37.